The third-order valence-electron chi connectivity index (χ3n) is 3.63. The molecule has 0 aliphatic heterocycles. The number of hydrogen-bond donors (Lipinski definition) is 1. The van der Waals surface area contributed by atoms with E-state index in [9.17, 15) is 4.39 Å². The summed E-state index contributed by atoms with van der Waals surface area (Å²) in [7, 11) is 0. The van der Waals surface area contributed by atoms with Gasteiger partial charge in [-0.15, -0.1) is 11.3 Å². The Morgan fingerprint density at radius 2 is 1.90 bits per heavy atom. The van der Waals surface area contributed by atoms with Gasteiger partial charge < -0.3 is 5.32 Å². The van der Waals surface area contributed by atoms with Crippen LogP contribution in [0.25, 0.3) is 0 Å². The fourth-order valence-corrected chi connectivity index (χ4v) is 3.86. The predicted octanol–water partition coefficient (Wildman–Crippen LogP) is 5.17. The minimum atomic E-state index is -0.210. The molecule has 0 aliphatic carbocycles. The lowest BCUT2D eigenvalue weighted by molar-refractivity contribution is 0.358. The molecular formula is C16H19ClFNS. The Balaban J connectivity index is 2.41. The first-order chi connectivity index (χ1) is 9.46. The molecule has 0 saturated heterocycles. The number of thiophene rings is 1. The quantitative estimate of drug-likeness (QED) is 0.803. The molecule has 1 aromatic heterocycles. The maximum Gasteiger partial charge on any atom is 0.123 e. The van der Waals surface area contributed by atoms with Crippen LogP contribution < -0.4 is 5.32 Å². The molecule has 108 valence electrons. The van der Waals surface area contributed by atoms with E-state index in [2.05, 4.69) is 26.1 Å². The van der Waals surface area contributed by atoms with Crippen molar-refractivity contribution >= 4 is 22.9 Å². The maximum absolute atomic E-state index is 13.1. The van der Waals surface area contributed by atoms with Gasteiger partial charge in [0, 0.05) is 10.3 Å². The Hall–Kier alpha value is -0.900. The van der Waals surface area contributed by atoms with E-state index in [0.717, 1.165) is 22.0 Å². The van der Waals surface area contributed by atoms with Gasteiger partial charge in [0.1, 0.15) is 5.82 Å². The highest BCUT2D eigenvalue weighted by Crippen LogP contribution is 2.41. The van der Waals surface area contributed by atoms with E-state index in [0.29, 0.717) is 0 Å². The van der Waals surface area contributed by atoms with E-state index < -0.39 is 0 Å². The SMILES string of the molecule is CCNC(c1sccc1Cl)C(C)(C)c1ccc(F)cc1. The summed E-state index contributed by atoms with van der Waals surface area (Å²) in [4.78, 5) is 1.13. The Morgan fingerprint density at radius 3 is 2.40 bits per heavy atom. The number of benzene rings is 1. The first kappa shape index (κ1) is 15.5. The van der Waals surface area contributed by atoms with Gasteiger partial charge in [-0.1, -0.05) is 44.5 Å². The molecule has 1 unspecified atom stereocenters. The molecule has 4 heteroatoms. The monoisotopic (exact) mass is 311 g/mol. The molecule has 1 atom stereocenters. The number of halogens is 2. The van der Waals surface area contributed by atoms with E-state index in [-0.39, 0.29) is 17.3 Å². The van der Waals surface area contributed by atoms with Gasteiger partial charge in [-0.2, -0.15) is 0 Å². The average molecular weight is 312 g/mol. The number of rotatable bonds is 5. The van der Waals surface area contributed by atoms with Gasteiger partial charge in [-0.05, 0) is 35.7 Å². The fraction of sp³-hybridized carbons (Fsp3) is 0.375. The van der Waals surface area contributed by atoms with Crippen LogP contribution in [0.3, 0.4) is 0 Å². The maximum atomic E-state index is 13.1. The largest absolute Gasteiger partial charge is 0.309 e. The highest BCUT2D eigenvalue weighted by molar-refractivity contribution is 7.10. The molecule has 1 aromatic carbocycles. The van der Waals surface area contributed by atoms with Crippen LogP contribution in [0.5, 0.6) is 0 Å². The van der Waals surface area contributed by atoms with Crippen LogP contribution >= 0.6 is 22.9 Å². The van der Waals surface area contributed by atoms with Gasteiger partial charge >= 0.3 is 0 Å². The summed E-state index contributed by atoms with van der Waals surface area (Å²) in [6, 6.07) is 8.74. The lowest BCUT2D eigenvalue weighted by atomic mass is 9.77. The van der Waals surface area contributed by atoms with Crippen LogP contribution in [0.1, 0.15) is 37.3 Å². The van der Waals surface area contributed by atoms with Gasteiger partial charge in [0.05, 0.1) is 11.1 Å². The second kappa shape index (κ2) is 6.25. The zero-order valence-electron chi connectivity index (χ0n) is 11.9. The lowest BCUT2D eigenvalue weighted by Crippen LogP contribution is -2.37. The summed E-state index contributed by atoms with van der Waals surface area (Å²) in [5.74, 6) is -0.210. The van der Waals surface area contributed by atoms with Crippen molar-refractivity contribution in [2.45, 2.75) is 32.2 Å². The van der Waals surface area contributed by atoms with E-state index in [1.54, 1.807) is 11.3 Å². The second-order valence-electron chi connectivity index (χ2n) is 5.35. The summed E-state index contributed by atoms with van der Waals surface area (Å²) < 4.78 is 13.1. The predicted molar refractivity (Wildman–Crippen MR) is 85.2 cm³/mol. The first-order valence-corrected chi connectivity index (χ1v) is 7.95. The molecule has 0 saturated carbocycles. The van der Waals surface area contributed by atoms with Crippen molar-refractivity contribution in [1.82, 2.24) is 5.32 Å². The van der Waals surface area contributed by atoms with Crippen molar-refractivity contribution in [3.63, 3.8) is 0 Å². The van der Waals surface area contributed by atoms with Crippen LogP contribution in [0.15, 0.2) is 35.7 Å². The first-order valence-electron chi connectivity index (χ1n) is 6.69. The van der Waals surface area contributed by atoms with Crippen molar-refractivity contribution in [2.24, 2.45) is 0 Å². The van der Waals surface area contributed by atoms with Crippen molar-refractivity contribution < 1.29 is 4.39 Å². The molecule has 1 nitrogen and oxygen atoms in total. The third kappa shape index (κ3) is 3.05. The van der Waals surface area contributed by atoms with Crippen molar-refractivity contribution in [2.75, 3.05) is 6.54 Å². The van der Waals surface area contributed by atoms with Crippen molar-refractivity contribution in [3.05, 3.63) is 57.0 Å². The summed E-state index contributed by atoms with van der Waals surface area (Å²) in [5.41, 5.74) is 0.910. The minimum absolute atomic E-state index is 0.102. The fourth-order valence-electron chi connectivity index (χ4n) is 2.44. The Bertz CT molecular complexity index is 562. The molecule has 0 fully saturated rings. The molecule has 1 heterocycles. The molecule has 0 radical (unpaired) electrons. The van der Waals surface area contributed by atoms with Crippen LogP contribution in [-0.2, 0) is 5.41 Å². The minimum Gasteiger partial charge on any atom is -0.309 e. The summed E-state index contributed by atoms with van der Waals surface area (Å²) in [5, 5.41) is 6.30. The van der Waals surface area contributed by atoms with Gasteiger partial charge in [-0.3, -0.25) is 0 Å². The number of likely N-dealkylation sites (N-methyl/N-ethyl adjacent to an activating group) is 1. The summed E-state index contributed by atoms with van der Waals surface area (Å²) in [6.07, 6.45) is 0. The van der Waals surface area contributed by atoms with E-state index in [1.807, 2.05) is 23.6 Å². The standard InChI is InChI=1S/C16H19ClFNS/c1-4-19-15(14-13(17)9-10-20-14)16(2,3)11-5-7-12(18)8-6-11/h5-10,15,19H,4H2,1-3H3. The van der Waals surface area contributed by atoms with Crippen LogP contribution in [-0.4, -0.2) is 6.54 Å². The highest BCUT2D eigenvalue weighted by atomic mass is 35.5. The molecular weight excluding hydrogens is 293 g/mol. The molecule has 0 bridgehead atoms. The van der Waals surface area contributed by atoms with Crippen LogP contribution in [0.2, 0.25) is 5.02 Å². The van der Waals surface area contributed by atoms with Gasteiger partial charge in [-0.25, -0.2) is 4.39 Å². The lowest BCUT2D eigenvalue weighted by Gasteiger charge is -2.35. The molecule has 0 amide bonds. The normalized spacial score (nSPS) is 13.4. The smallest absolute Gasteiger partial charge is 0.123 e. The van der Waals surface area contributed by atoms with Gasteiger partial charge in [0.15, 0.2) is 0 Å². The second-order valence-corrected chi connectivity index (χ2v) is 6.71. The zero-order chi connectivity index (χ0) is 14.8. The number of nitrogens with one attached hydrogen (secondary N) is 1. The average Bonchev–Trinajstić information content (AvgIpc) is 2.82. The van der Waals surface area contributed by atoms with Crippen molar-refractivity contribution in [1.29, 1.82) is 0 Å². The third-order valence-corrected chi connectivity index (χ3v) is 5.05. The van der Waals surface area contributed by atoms with E-state index in [4.69, 9.17) is 11.6 Å². The topological polar surface area (TPSA) is 12.0 Å². The highest BCUT2D eigenvalue weighted by Gasteiger charge is 2.34. The van der Waals surface area contributed by atoms with E-state index in [1.165, 1.54) is 12.1 Å². The van der Waals surface area contributed by atoms with Gasteiger partial charge in [0.2, 0.25) is 0 Å². The zero-order valence-corrected chi connectivity index (χ0v) is 13.5. The Labute approximate surface area is 128 Å². The summed E-state index contributed by atoms with van der Waals surface area (Å²) in [6.45, 7) is 7.24. The van der Waals surface area contributed by atoms with E-state index >= 15 is 0 Å². The number of hydrogen-bond acceptors (Lipinski definition) is 2. The molecule has 2 rings (SSSR count). The molecule has 1 N–H and O–H groups in total. The molecule has 0 spiro atoms. The Kier molecular flexibility index (Phi) is 4.84. The Morgan fingerprint density at radius 1 is 1.25 bits per heavy atom. The van der Waals surface area contributed by atoms with Crippen LogP contribution in [0, 0.1) is 5.82 Å². The van der Waals surface area contributed by atoms with Crippen molar-refractivity contribution in [3.8, 4) is 0 Å². The molecule has 0 aliphatic rings. The molecule has 20 heavy (non-hydrogen) atoms. The summed E-state index contributed by atoms with van der Waals surface area (Å²) >= 11 is 7.95. The van der Waals surface area contributed by atoms with Gasteiger partial charge in [0.25, 0.3) is 0 Å². The van der Waals surface area contributed by atoms with Crippen LogP contribution in [0.4, 0.5) is 4.39 Å². The molecule has 2 aromatic rings.